The first-order valence-electron chi connectivity index (χ1n) is 9.88. The fourth-order valence-corrected chi connectivity index (χ4v) is 4.05. The molecule has 1 fully saturated rings. The zero-order chi connectivity index (χ0) is 19.3. The van der Waals surface area contributed by atoms with Gasteiger partial charge in [-0.15, -0.1) is 0 Å². The van der Waals surface area contributed by atoms with Crippen LogP contribution in [-0.4, -0.2) is 42.6 Å². The molecule has 1 aliphatic heterocycles. The summed E-state index contributed by atoms with van der Waals surface area (Å²) in [6, 6.07) is 10.2. The maximum atomic E-state index is 12.8. The lowest BCUT2D eigenvalue weighted by Crippen LogP contribution is -2.55. The topological polar surface area (TPSA) is 65.4 Å². The van der Waals surface area contributed by atoms with Crippen molar-refractivity contribution < 1.29 is 9.53 Å². The largest absolute Gasteiger partial charge is 0.497 e. The lowest BCUT2D eigenvalue weighted by molar-refractivity contribution is -0.127. The number of hydrogen-bond donors (Lipinski definition) is 1. The van der Waals surface area contributed by atoms with E-state index in [1.54, 1.807) is 7.11 Å². The highest BCUT2D eigenvalue weighted by atomic mass is 16.5. The number of carbonyl (C=O) groups is 1. The smallest absolute Gasteiger partial charge is 0.238 e. The Bertz CT molecular complexity index is 744. The monoisotopic (exact) mass is 367 g/mol. The second kappa shape index (κ2) is 8.58. The van der Waals surface area contributed by atoms with E-state index in [0.29, 0.717) is 0 Å². The van der Waals surface area contributed by atoms with Gasteiger partial charge in [-0.1, -0.05) is 37.5 Å². The summed E-state index contributed by atoms with van der Waals surface area (Å²) in [7, 11) is 1.68. The van der Waals surface area contributed by atoms with Gasteiger partial charge in [0.25, 0.3) is 0 Å². The van der Waals surface area contributed by atoms with Gasteiger partial charge in [-0.25, -0.2) is 0 Å². The van der Waals surface area contributed by atoms with Crippen molar-refractivity contribution in [3.8, 4) is 11.8 Å². The van der Waals surface area contributed by atoms with E-state index in [1.807, 2.05) is 19.1 Å². The Labute approximate surface area is 162 Å². The van der Waals surface area contributed by atoms with Crippen LogP contribution in [0.5, 0.6) is 5.75 Å². The Morgan fingerprint density at radius 2 is 2.11 bits per heavy atom. The van der Waals surface area contributed by atoms with Crippen molar-refractivity contribution in [2.75, 3.05) is 20.2 Å². The number of benzene rings is 1. The number of ether oxygens (including phenoxy) is 1. The molecule has 1 heterocycles. The molecule has 3 rings (SSSR count). The quantitative estimate of drug-likeness (QED) is 0.865. The maximum Gasteiger partial charge on any atom is 0.238 e. The highest BCUT2D eigenvalue weighted by molar-refractivity contribution is 5.82. The molecular formula is C22H29N3O2. The van der Waals surface area contributed by atoms with Crippen molar-refractivity contribution in [1.29, 1.82) is 5.26 Å². The molecule has 1 aromatic carbocycles. The number of nitrogens with zero attached hydrogens (tertiary/aromatic N) is 2. The Morgan fingerprint density at radius 3 is 2.74 bits per heavy atom. The molecular weight excluding hydrogens is 338 g/mol. The van der Waals surface area contributed by atoms with E-state index >= 15 is 0 Å². The molecule has 0 saturated heterocycles. The predicted molar refractivity (Wildman–Crippen MR) is 106 cm³/mol. The first-order valence-corrected chi connectivity index (χ1v) is 9.88. The van der Waals surface area contributed by atoms with Crippen LogP contribution < -0.4 is 10.1 Å². The molecule has 1 amide bonds. The van der Waals surface area contributed by atoms with Gasteiger partial charge in [-0.2, -0.15) is 5.26 Å². The summed E-state index contributed by atoms with van der Waals surface area (Å²) in [6.45, 7) is 3.51. The Morgan fingerprint density at radius 1 is 1.33 bits per heavy atom. The van der Waals surface area contributed by atoms with E-state index in [-0.39, 0.29) is 11.9 Å². The maximum absolute atomic E-state index is 12.8. The fraction of sp³-hybridized carbons (Fsp3) is 0.545. The molecule has 1 atom stereocenters. The molecule has 0 aromatic heterocycles. The predicted octanol–water partition coefficient (Wildman–Crippen LogP) is 3.52. The fourth-order valence-electron chi connectivity index (χ4n) is 4.05. The van der Waals surface area contributed by atoms with Gasteiger partial charge in [0.15, 0.2) is 0 Å². The second-order valence-electron chi connectivity index (χ2n) is 7.63. The molecule has 5 nitrogen and oxygen atoms in total. The van der Waals surface area contributed by atoms with E-state index in [9.17, 15) is 10.1 Å². The Hall–Kier alpha value is -2.32. The zero-order valence-corrected chi connectivity index (χ0v) is 16.3. The van der Waals surface area contributed by atoms with Crippen LogP contribution in [0.1, 0.15) is 51.0 Å². The number of nitriles is 1. The van der Waals surface area contributed by atoms with Crippen LogP contribution >= 0.6 is 0 Å². The van der Waals surface area contributed by atoms with Crippen LogP contribution in [-0.2, 0) is 4.79 Å². The minimum absolute atomic E-state index is 0.0309. The van der Waals surface area contributed by atoms with E-state index < -0.39 is 5.54 Å². The number of rotatable bonds is 5. The third kappa shape index (κ3) is 4.51. The molecule has 0 radical (unpaired) electrons. The van der Waals surface area contributed by atoms with Gasteiger partial charge in [0, 0.05) is 13.1 Å². The first-order chi connectivity index (χ1) is 13.1. The number of amides is 1. The highest BCUT2D eigenvalue weighted by Crippen LogP contribution is 2.29. The van der Waals surface area contributed by atoms with E-state index in [4.69, 9.17) is 4.74 Å². The van der Waals surface area contributed by atoms with Crippen molar-refractivity contribution in [2.45, 2.75) is 57.0 Å². The summed E-state index contributed by atoms with van der Waals surface area (Å²) in [5, 5.41) is 12.6. The summed E-state index contributed by atoms with van der Waals surface area (Å²) in [5.74, 6) is 0.828. The number of nitrogens with one attached hydrogen (secondary N) is 1. The second-order valence-corrected chi connectivity index (χ2v) is 7.63. The Balaban J connectivity index is 1.61. The lowest BCUT2D eigenvalue weighted by Gasteiger charge is -2.36. The SMILES string of the molecule is COc1cccc(C2=CCN(C(C)C(=O)NC3(C#N)CCCCC3)CC2)c1. The standard InChI is InChI=1S/C22H29N3O2/c1-17(21(26)24-22(16-23)11-4-3-5-12-22)25-13-9-18(10-14-25)19-7-6-8-20(15-19)27-2/h6-9,15,17H,3-5,10-14H2,1-2H3,(H,24,26). The number of hydrogen-bond acceptors (Lipinski definition) is 4. The molecule has 2 aliphatic rings. The highest BCUT2D eigenvalue weighted by Gasteiger charge is 2.36. The van der Waals surface area contributed by atoms with Gasteiger partial charge in [0.2, 0.25) is 5.91 Å². The molecule has 144 valence electrons. The van der Waals surface area contributed by atoms with Crippen molar-refractivity contribution in [1.82, 2.24) is 10.2 Å². The van der Waals surface area contributed by atoms with Crippen molar-refractivity contribution in [2.24, 2.45) is 0 Å². The zero-order valence-electron chi connectivity index (χ0n) is 16.3. The molecule has 1 aromatic rings. The lowest BCUT2D eigenvalue weighted by atomic mass is 9.82. The third-order valence-corrected chi connectivity index (χ3v) is 5.89. The van der Waals surface area contributed by atoms with E-state index in [1.165, 1.54) is 11.1 Å². The summed E-state index contributed by atoms with van der Waals surface area (Å²) >= 11 is 0. The summed E-state index contributed by atoms with van der Waals surface area (Å²) < 4.78 is 5.31. The van der Waals surface area contributed by atoms with Crippen LogP contribution in [0, 0.1) is 11.3 Å². The molecule has 1 aliphatic carbocycles. The van der Waals surface area contributed by atoms with Gasteiger partial charge >= 0.3 is 0 Å². The molecule has 1 saturated carbocycles. The van der Waals surface area contributed by atoms with Gasteiger partial charge in [0.1, 0.15) is 11.3 Å². The number of carbonyl (C=O) groups excluding carboxylic acids is 1. The van der Waals surface area contributed by atoms with Crippen molar-refractivity contribution >= 4 is 11.5 Å². The van der Waals surface area contributed by atoms with Crippen LogP contribution in [0.3, 0.4) is 0 Å². The van der Waals surface area contributed by atoms with Crippen LogP contribution in [0.4, 0.5) is 0 Å². The summed E-state index contributed by atoms with van der Waals surface area (Å²) in [6.07, 6.45) is 7.80. The first kappa shape index (κ1) is 19.4. The van der Waals surface area contributed by atoms with Gasteiger partial charge in [0.05, 0.1) is 19.2 Å². The average molecular weight is 367 g/mol. The minimum Gasteiger partial charge on any atom is -0.497 e. The third-order valence-electron chi connectivity index (χ3n) is 5.89. The van der Waals surface area contributed by atoms with Gasteiger partial charge < -0.3 is 10.1 Å². The van der Waals surface area contributed by atoms with Crippen LogP contribution in [0.15, 0.2) is 30.3 Å². The van der Waals surface area contributed by atoms with Crippen molar-refractivity contribution in [3.05, 3.63) is 35.9 Å². The van der Waals surface area contributed by atoms with Crippen LogP contribution in [0.2, 0.25) is 0 Å². The average Bonchev–Trinajstić information content (AvgIpc) is 2.74. The molecule has 0 bridgehead atoms. The molecule has 1 N–H and O–H groups in total. The normalized spacial score (nSPS) is 20.9. The summed E-state index contributed by atoms with van der Waals surface area (Å²) in [5.41, 5.74) is 1.80. The van der Waals surface area contributed by atoms with E-state index in [2.05, 4.69) is 34.5 Å². The van der Waals surface area contributed by atoms with Crippen LogP contribution in [0.25, 0.3) is 5.57 Å². The Kier molecular flexibility index (Phi) is 6.18. The minimum atomic E-state index is -0.666. The van der Waals surface area contributed by atoms with Crippen molar-refractivity contribution in [3.63, 3.8) is 0 Å². The molecule has 27 heavy (non-hydrogen) atoms. The number of methoxy groups -OCH3 is 1. The molecule has 5 heteroatoms. The summed E-state index contributed by atoms with van der Waals surface area (Å²) in [4.78, 5) is 14.9. The molecule has 0 spiro atoms. The van der Waals surface area contributed by atoms with Gasteiger partial charge in [-0.05, 0) is 49.5 Å². The van der Waals surface area contributed by atoms with Gasteiger partial charge in [-0.3, -0.25) is 9.69 Å². The van der Waals surface area contributed by atoms with E-state index in [0.717, 1.165) is 57.4 Å². The molecule has 1 unspecified atom stereocenters.